The molecule has 0 radical (unpaired) electrons. The van der Waals surface area contributed by atoms with Gasteiger partial charge in [0.15, 0.2) is 0 Å². The standard InChI is InChI=1S/C21H24FN3O/c1-3-24(4-2)13-14-25-12-11-16-15-17(9-10-20(16)25)23-21(26)18-7-5-6-8-19(18)22/h5-12,15H,3-4,13-14H2,1-2H3,(H,23,26). The molecule has 0 saturated carbocycles. The van der Waals surface area contributed by atoms with Crippen molar-refractivity contribution in [2.75, 3.05) is 25.0 Å². The Balaban J connectivity index is 1.74. The van der Waals surface area contributed by atoms with Crippen molar-refractivity contribution in [1.29, 1.82) is 0 Å². The molecule has 0 unspecified atom stereocenters. The second-order valence-electron chi connectivity index (χ2n) is 6.24. The molecule has 1 aromatic heterocycles. The molecular weight excluding hydrogens is 329 g/mol. The number of fused-ring (bicyclic) bond motifs is 1. The molecule has 0 saturated heterocycles. The molecule has 0 spiro atoms. The number of nitrogens with zero attached hydrogens (tertiary/aromatic N) is 2. The SMILES string of the molecule is CCN(CC)CCn1ccc2cc(NC(=O)c3ccccc3F)ccc21. The van der Waals surface area contributed by atoms with E-state index >= 15 is 0 Å². The van der Waals surface area contributed by atoms with Crippen LogP contribution in [0.2, 0.25) is 0 Å². The molecule has 2 aromatic carbocycles. The summed E-state index contributed by atoms with van der Waals surface area (Å²) in [7, 11) is 0. The van der Waals surface area contributed by atoms with Gasteiger partial charge in [-0.05, 0) is 49.5 Å². The summed E-state index contributed by atoms with van der Waals surface area (Å²) in [5.41, 5.74) is 1.83. The summed E-state index contributed by atoms with van der Waals surface area (Å²) >= 11 is 0. The average Bonchev–Trinajstić information content (AvgIpc) is 3.05. The lowest BCUT2D eigenvalue weighted by Crippen LogP contribution is -2.26. The van der Waals surface area contributed by atoms with Crippen LogP contribution in [-0.2, 0) is 6.54 Å². The number of hydrogen-bond donors (Lipinski definition) is 1. The van der Waals surface area contributed by atoms with Crippen LogP contribution in [0, 0.1) is 5.82 Å². The van der Waals surface area contributed by atoms with Crippen LogP contribution in [0.4, 0.5) is 10.1 Å². The minimum atomic E-state index is -0.520. The Morgan fingerprint density at radius 1 is 1.12 bits per heavy atom. The van der Waals surface area contributed by atoms with Crippen molar-refractivity contribution in [2.24, 2.45) is 0 Å². The van der Waals surface area contributed by atoms with Gasteiger partial charge in [-0.25, -0.2) is 4.39 Å². The molecule has 26 heavy (non-hydrogen) atoms. The molecule has 1 N–H and O–H groups in total. The fourth-order valence-corrected chi connectivity index (χ4v) is 3.11. The zero-order chi connectivity index (χ0) is 18.5. The van der Waals surface area contributed by atoms with Gasteiger partial charge >= 0.3 is 0 Å². The summed E-state index contributed by atoms with van der Waals surface area (Å²) in [6, 6.07) is 13.8. The monoisotopic (exact) mass is 353 g/mol. The number of halogens is 1. The Kier molecular flexibility index (Phi) is 5.68. The Morgan fingerprint density at radius 3 is 2.62 bits per heavy atom. The fourth-order valence-electron chi connectivity index (χ4n) is 3.11. The first-order valence-corrected chi connectivity index (χ1v) is 8.99. The number of benzene rings is 2. The molecule has 0 aliphatic rings. The zero-order valence-corrected chi connectivity index (χ0v) is 15.2. The first-order valence-electron chi connectivity index (χ1n) is 8.99. The smallest absolute Gasteiger partial charge is 0.258 e. The highest BCUT2D eigenvalue weighted by atomic mass is 19.1. The van der Waals surface area contributed by atoms with Crippen LogP contribution in [0.1, 0.15) is 24.2 Å². The minimum absolute atomic E-state index is 0.0457. The Bertz CT molecular complexity index is 899. The van der Waals surface area contributed by atoms with E-state index in [4.69, 9.17) is 0 Å². The number of nitrogens with one attached hydrogen (secondary N) is 1. The van der Waals surface area contributed by atoms with E-state index in [1.807, 2.05) is 24.3 Å². The maximum absolute atomic E-state index is 13.7. The molecule has 1 amide bonds. The van der Waals surface area contributed by atoms with Crippen LogP contribution in [0.3, 0.4) is 0 Å². The van der Waals surface area contributed by atoms with Gasteiger partial charge < -0.3 is 14.8 Å². The van der Waals surface area contributed by atoms with Gasteiger partial charge in [0.05, 0.1) is 5.56 Å². The van der Waals surface area contributed by atoms with Crippen molar-refractivity contribution < 1.29 is 9.18 Å². The molecule has 5 heteroatoms. The van der Waals surface area contributed by atoms with E-state index in [1.54, 1.807) is 12.1 Å². The molecule has 3 rings (SSSR count). The van der Waals surface area contributed by atoms with E-state index in [0.29, 0.717) is 5.69 Å². The number of amides is 1. The zero-order valence-electron chi connectivity index (χ0n) is 15.2. The molecule has 0 bridgehead atoms. The van der Waals surface area contributed by atoms with Gasteiger partial charge in [-0.15, -0.1) is 0 Å². The molecule has 0 aliphatic carbocycles. The highest BCUT2D eigenvalue weighted by molar-refractivity contribution is 6.05. The van der Waals surface area contributed by atoms with Gasteiger partial charge in [-0.1, -0.05) is 26.0 Å². The molecule has 4 nitrogen and oxygen atoms in total. The van der Waals surface area contributed by atoms with E-state index in [-0.39, 0.29) is 5.56 Å². The Hall–Kier alpha value is -2.66. The van der Waals surface area contributed by atoms with Gasteiger partial charge in [0.1, 0.15) is 5.82 Å². The third kappa shape index (κ3) is 3.94. The summed E-state index contributed by atoms with van der Waals surface area (Å²) in [6.45, 7) is 8.35. The summed E-state index contributed by atoms with van der Waals surface area (Å²) in [4.78, 5) is 14.6. The summed E-state index contributed by atoms with van der Waals surface area (Å²) in [6.07, 6.45) is 2.07. The first-order chi connectivity index (χ1) is 12.6. The maximum Gasteiger partial charge on any atom is 0.258 e. The molecule has 1 heterocycles. The highest BCUT2D eigenvalue weighted by Gasteiger charge is 2.11. The summed E-state index contributed by atoms with van der Waals surface area (Å²) in [5, 5.41) is 3.82. The first kappa shape index (κ1) is 18.1. The fraction of sp³-hybridized carbons (Fsp3) is 0.286. The van der Waals surface area contributed by atoms with Crippen LogP contribution in [0.15, 0.2) is 54.7 Å². The third-order valence-corrected chi connectivity index (χ3v) is 4.70. The van der Waals surface area contributed by atoms with E-state index in [0.717, 1.165) is 37.1 Å². The molecule has 0 fully saturated rings. The lowest BCUT2D eigenvalue weighted by molar-refractivity contribution is 0.102. The van der Waals surface area contributed by atoms with Crippen LogP contribution < -0.4 is 5.32 Å². The summed E-state index contributed by atoms with van der Waals surface area (Å²) in [5.74, 6) is -0.961. The van der Waals surface area contributed by atoms with E-state index in [2.05, 4.69) is 34.8 Å². The van der Waals surface area contributed by atoms with Crippen molar-refractivity contribution in [3.8, 4) is 0 Å². The number of anilines is 1. The largest absolute Gasteiger partial charge is 0.346 e. The van der Waals surface area contributed by atoms with Crippen LogP contribution in [0.5, 0.6) is 0 Å². The second-order valence-corrected chi connectivity index (χ2v) is 6.24. The molecule has 3 aromatic rings. The van der Waals surface area contributed by atoms with Crippen molar-refractivity contribution in [2.45, 2.75) is 20.4 Å². The summed E-state index contributed by atoms with van der Waals surface area (Å²) < 4.78 is 16.0. The van der Waals surface area contributed by atoms with Crippen molar-refractivity contribution >= 4 is 22.5 Å². The number of hydrogen-bond acceptors (Lipinski definition) is 2. The van der Waals surface area contributed by atoms with E-state index < -0.39 is 11.7 Å². The predicted octanol–water partition coefficient (Wildman–Crippen LogP) is 4.37. The van der Waals surface area contributed by atoms with Crippen molar-refractivity contribution in [3.05, 3.63) is 66.1 Å². The Morgan fingerprint density at radius 2 is 1.88 bits per heavy atom. The van der Waals surface area contributed by atoms with E-state index in [9.17, 15) is 9.18 Å². The van der Waals surface area contributed by atoms with Crippen molar-refractivity contribution in [1.82, 2.24) is 9.47 Å². The molecule has 0 atom stereocenters. The number of likely N-dealkylation sites (N-methyl/N-ethyl adjacent to an activating group) is 1. The molecule has 0 aliphatic heterocycles. The van der Waals surface area contributed by atoms with Gasteiger partial charge in [-0.2, -0.15) is 0 Å². The lowest BCUT2D eigenvalue weighted by Gasteiger charge is -2.18. The lowest BCUT2D eigenvalue weighted by atomic mass is 10.2. The third-order valence-electron chi connectivity index (χ3n) is 4.70. The number of carbonyl (C=O) groups excluding carboxylic acids is 1. The highest BCUT2D eigenvalue weighted by Crippen LogP contribution is 2.21. The van der Waals surface area contributed by atoms with Gasteiger partial charge in [0.25, 0.3) is 5.91 Å². The second kappa shape index (κ2) is 8.15. The van der Waals surface area contributed by atoms with Crippen molar-refractivity contribution in [3.63, 3.8) is 0 Å². The van der Waals surface area contributed by atoms with Gasteiger partial charge in [0, 0.05) is 35.9 Å². The molecule has 136 valence electrons. The predicted molar refractivity (Wildman–Crippen MR) is 104 cm³/mol. The maximum atomic E-state index is 13.7. The van der Waals surface area contributed by atoms with Gasteiger partial charge in [0.2, 0.25) is 0 Å². The van der Waals surface area contributed by atoms with Crippen LogP contribution in [-0.4, -0.2) is 35.0 Å². The number of carbonyl (C=O) groups is 1. The Labute approximate surface area is 153 Å². The van der Waals surface area contributed by atoms with Crippen LogP contribution >= 0.6 is 0 Å². The average molecular weight is 353 g/mol. The van der Waals surface area contributed by atoms with Gasteiger partial charge in [-0.3, -0.25) is 4.79 Å². The quantitative estimate of drug-likeness (QED) is 0.685. The minimum Gasteiger partial charge on any atom is -0.346 e. The number of rotatable bonds is 7. The van der Waals surface area contributed by atoms with E-state index in [1.165, 1.54) is 12.1 Å². The normalized spacial score (nSPS) is 11.2. The topological polar surface area (TPSA) is 37.3 Å². The number of aromatic nitrogens is 1. The van der Waals surface area contributed by atoms with Crippen LogP contribution in [0.25, 0.3) is 10.9 Å². The molecular formula is C21H24FN3O.